The molecule has 0 saturated heterocycles. The fraction of sp³-hybridized carbons (Fsp3) is 0.435. The lowest BCUT2D eigenvalue weighted by molar-refractivity contribution is -0.687. The first kappa shape index (κ1) is 17.0. The van der Waals surface area contributed by atoms with Gasteiger partial charge in [0.2, 0.25) is 5.69 Å². The summed E-state index contributed by atoms with van der Waals surface area (Å²) in [5.74, 6) is 0. The van der Waals surface area contributed by atoms with Crippen LogP contribution in [0.25, 0.3) is 23.4 Å². The number of rotatable bonds is 3. The van der Waals surface area contributed by atoms with Crippen LogP contribution in [-0.4, -0.2) is 0 Å². The van der Waals surface area contributed by atoms with Crippen molar-refractivity contribution in [3.05, 3.63) is 52.5 Å². The summed E-state index contributed by atoms with van der Waals surface area (Å²) in [4.78, 5) is 0. The summed E-state index contributed by atoms with van der Waals surface area (Å²) >= 11 is 0. The van der Waals surface area contributed by atoms with E-state index in [0.29, 0.717) is 5.41 Å². The first-order valence-corrected chi connectivity index (χ1v) is 9.49. The highest BCUT2D eigenvalue weighted by atomic mass is 15.0. The minimum atomic E-state index is 0.294. The van der Waals surface area contributed by atoms with Gasteiger partial charge in [0.15, 0.2) is 6.20 Å². The van der Waals surface area contributed by atoms with Gasteiger partial charge in [-0.1, -0.05) is 51.1 Å². The van der Waals surface area contributed by atoms with Crippen molar-refractivity contribution in [2.45, 2.75) is 65.3 Å². The van der Waals surface area contributed by atoms with E-state index >= 15 is 0 Å². The Hall–Kier alpha value is -1.89. The molecule has 0 N–H and O–H groups in total. The van der Waals surface area contributed by atoms with Crippen LogP contribution in [0.5, 0.6) is 0 Å². The third-order valence-corrected chi connectivity index (χ3v) is 5.94. The Kier molecular flexibility index (Phi) is 4.89. The zero-order valence-electron chi connectivity index (χ0n) is 15.6. The highest BCUT2D eigenvalue weighted by Crippen LogP contribution is 2.41. The van der Waals surface area contributed by atoms with Gasteiger partial charge in [-0.2, -0.15) is 4.57 Å². The zero-order valence-corrected chi connectivity index (χ0v) is 15.6. The summed E-state index contributed by atoms with van der Waals surface area (Å²) in [6.07, 6.45) is 11.6. The van der Waals surface area contributed by atoms with E-state index in [1.807, 2.05) is 0 Å². The predicted molar refractivity (Wildman–Crippen MR) is 103 cm³/mol. The van der Waals surface area contributed by atoms with E-state index in [2.05, 4.69) is 80.9 Å². The summed E-state index contributed by atoms with van der Waals surface area (Å²) in [6, 6.07) is 11.4. The molecule has 1 aromatic heterocycles. The van der Waals surface area contributed by atoms with E-state index < -0.39 is 0 Å². The second-order valence-corrected chi connectivity index (χ2v) is 6.91. The average Bonchev–Trinajstić information content (AvgIpc) is 2.77. The molecule has 126 valence electrons. The number of aromatic nitrogens is 1. The highest BCUT2D eigenvalue weighted by molar-refractivity contribution is 5.65. The molecule has 1 aromatic carbocycles. The molecule has 0 spiro atoms. The van der Waals surface area contributed by atoms with Crippen molar-refractivity contribution < 1.29 is 4.57 Å². The number of hydrogen-bond acceptors (Lipinski definition) is 0. The van der Waals surface area contributed by atoms with E-state index in [1.165, 1.54) is 41.0 Å². The van der Waals surface area contributed by atoms with Crippen LogP contribution in [0.4, 0.5) is 0 Å². The SMILES string of the molecule is CC=c1cc[n+]2c(c1=CCC)-c1ccccc1C(CC)(CC)CC2. The maximum atomic E-state index is 2.49. The first-order valence-electron chi connectivity index (χ1n) is 9.49. The van der Waals surface area contributed by atoms with Crippen LogP contribution in [0.1, 0.15) is 58.9 Å². The first-order chi connectivity index (χ1) is 11.7. The van der Waals surface area contributed by atoms with Crippen molar-refractivity contribution in [2.75, 3.05) is 0 Å². The van der Waals surface area contributed by atoms with Gasteiger partial charge in [0.05, 0.1) is 5.56 Å². The lowest BCUT2D eigenvalue weighted by atomic mass is 9.72. The molecule has 1 aliphatic rings. The third-order valence-electron chi connectivity index (χ3n) is 5.94. The summed E-state index contributed by atoms with van der Waals surface area (Å²) < 4.78 is 2.49. The van der Waals surface area contributed by atoms with Gasteiger partial charge in [-0.05, 0) is 43.0 Å². The van der Waals surface area contributed by atoms with Crippen molar-refractivity contribution in [1.29, 1.82) is 0 Å². The molecule has 0 unspecified atom stereocenters. The Morgan fingerprint density at radius 2 is 1.83 bits per heavy atom. The Bertz CT molecular complexity index is 841. The van der Waals surface area contributed by atoms with Gasteiger partial charge >= 0.3 is 0 Å². The van der Waals surface area contributed by atoms with Gasteiger partial charge in [-0.3, -0.25) is 0 Å². The maximum absolute atomic E-state index is 2.49. The molecule has 0 saturated carbocycles. The second-order valence-electron chi connectivity index (χ2n) is 6.91. The summed E-state index contributed by atoms with van der Waals surface area (Å²) in [6.45, 7) is 10.2. The normalized spacial score (nSPS) is 17.3. The highest BCUT2D eigenvalue weighted by Gasteiger charge is 2.37. The number of aryl methyl sites for hydroxylation is 1. The molecule has 0 aliphatic carbocycles. The number of pyridine rings is 1. The van der Waals surface area contributed by atoms with E-state index in [-0.39, 0.29) is 0 Å². The quantitative estimate of drug-likeness (QED) is 0.750. The van der Waals surface area contributed by atoms with Crippen molar-refractivity contribution >= 4 is 12.2 Å². The predicted octanol–water partition coefficient (Wildman–Crippen LogP) is 4.09. The minimum Gasteiger partial charge on any atom is -0.198 e. The van der Waals surface area contributed by atoms with Crippen LogP contribution in [-0.2, 0) is 12.0 Å². The third kappa shape index (κ3) is 2.60. The zero-order chi connectivity index (χ0) is 17.2. The van der Waals surface area contributed by atoms with Crippen LogP contribution in [0.3, 0.4) is 0 Å². The molecule has 1 heteroatoms. The van der Waals surface area contributed by atoms with Gasteiger partial charge in [0, 0.05) is 23.1 Å². The molecule has 0 bridgehead atoms. The molecular weight excluding hydrogens is 290 g/mol. The molecule has 1 nitrogen and oxygen atoms in total. The van der Waals surface area contributed by atoms with Crippen LogP contribution in [0, 0.1) is 0 Å². The van der Waals surface area contributed by atoms with Gasteiger partial charge in [-0.25, -0.2) is 0 Å². The van der Waals surface area contributed by atoms with E-state index in [0.717, 1.165) is 13.0 Å². The fourth-order valence-corrected chi connectivity index (χ4v) is 4.39. The van der Waals surface area contributed by atoms with Crippen LogP contribution in [0.15, 0.2) is 36.5 Å². The summed E-state index contributed by atoms with van der Waals surface area (Å²) in [7, 11) is 0. The molecule has 24 heavy (non-hydrogen) atoms. The van der Waals surface area contributed by atoms with Crippen molar-refractivity contribution in [3.8, 4) is 11.3 Å². The van der Waals surface area contributed by atoms with Gasteiger partial charge < -0.3 is 0 Å². The Balaban J connectivity index is 2.44. The molecule has 0 radical (unpaired) electrons. The fourth-order valence-electron chi connectivity index (χ4n) is 4.39. The molecule has 1 aliphatic heterocycles. The van der Waals surface area contributed by atoms with Gasteiger partial charge in [0.25, 0.3) is 0 Å². The van der Waals surface area contributed by atoms with E-state index in [4.69, 9.17) is 0 Å². The number of fused-ring (bicyclic) bond motifs is 3. The molecule has 0 fully saturated rings. The monoisotopic (exact) mass is 320 g/mol. The molecule has 0 amide bonds. The Morgan fingerprint density at radius 1 is 1.08 bits per heavy atom. The largest absolute Gasteiger partial charge is 0.220 e. The number of benzene rings is 1. The van der Waals surface area contributed by atoms with Crippen molar-refractivity contribution in [3.63, 3.8) is 0 Å². The topological polar surface area (TPSA) is 3.88 Å². The van der Waals surface area contributed by atoms with Crippen LogP contribution < -0.4 is 15.0 Å². The molecule has 2 heterocycles. The number of hydrogen-bond donors (Lipinski definition) is 0. The van der Waals surface area contributed by atoms with Crippen LogP contribution >= 0.6 is 0 Å². The molecule has 2 aromatic rings. The van der Waals surface area contributed by atoms with Gasteiger partial charge in [0.1, 0.15) is 6.54 Å². The smallest absolute Gasteiger partial charge is 0.198 e. The maximum Gasteiger partial charge on any atom is 0.220 e. The average molecular weight is 321 g/mol. The van der Waals surface area contributed by atoms with E-state index in [1.54, 1.807) is 5.56 Å². The summed E-state index contributed by atoms with van der Waals surface area (Å²) in [5.41, 5.74) is 4.68. The van der Waals surface area contributed by atoms with Crippen molar-refractivity contribution in [1.82, 2.24) is 0 Å². The van der Waals surface area contributed by atoms with Crippen molar-refractivity contribution in [2.24, 2.45) is 0 Å². The lowest BCUT2D eigenvalue weighted by Gasteiger charge is -2.31. The molecule has 0 atom stereocenters. The molecule has 3 rings (SSSR count). The second kappa shape index (κ2) is 6.93. The number of nitrogens with zero attached hydrogens (tertiary/aromatic N) is 1. The lowest BCUT2D eigenvalue weighted by Crippen LogP contribution is -2.45. The van der Waals surface area contributed by atoms with E-state index in [9.17, 15) is 0 Å². The van der Waals surface area contributed by atoms with Crippen LogP contribution in [0.2, 0.25) is 0 Å². The Labute approximate surface area is 146 Å². The summed E-state index contributed by atoms with van der Waals surface area (Å²) in [5, 5.41) is 2.75. The molecular formula is C23H30N+. The minimum absolute atomic E-state index is 0.294. The standard InChI is InChI=1S/C23H30N/c1-5-11-19-18(6-2)14-16-24-17-15-23(7-3,8-4)21-13-10-9-12-20(21)22(19)24/h6,9-14,16H,5,7-8,15,17H2,1-4H3/q+1. The van der Waals surface area contributed by atoms with Gasteiger partial charge in [-0.15, -0.1) is 0 Å². The Morgan fingerprint density at radius 3 is 2.50 bits per heavy atom.